The van der Waals surface area contributed by atoms with E-state index in [0.717, 1.165) is 19.4 Å². The summed E-state index contributed by atoms with van der Waals surface area (Å²) < 4.78 is 13.4. The number of carbonyl (C=O) groups is 1. The van der Waals surface area contributed by atoms with Gasteiger partial charge in [0.05, 0.1) is 5.69 Å². The third-order valence-electron chi connectivity index (χ3n) is 3.23. The molecule has 4 nitrogen and oxygen atoms in total. The standard InChI is InChI=1S/C13H18FN3O/c1-15-10-5-4-8-17(9-10)13(18)16-12-7-3-2-6-11(12)14/h2-3,6-7,10,15H,4-5,8-9H2,1H3,(H,16,18). The Morgan fingerprint density at radius 2 is 2.22 bits per heavy atom. The molecule has 1 aliphatic heterocycles. The molecule has 1 aromatic rings. The Bertz CT molecular complexity index is 424. The van der Waals surface area contributed by atoms with Gasteiger partial charge in [0.2, 0.25) is 0 Å². The van der Waals surface area contributed by atoms with E-state index in [9.17, 15) is 9.18 Å². The van der Waals surface area contributed by atoms with E-state index in [-0.39, 0.29) is 11.7 Å². The van der Waals surface area contributed by atoms with Crippen LogP contribution in [0.1, 0.15) is 12.8 Å². The third-order valence-corrected chi connectivity index (χ3v) is 3.23. The summed E-state index contributed by atoms with van der Waals surface area (Å²) in [5.74, 6) is -0.409. The molecule has 0 bridgehead atoms. The Morgan fingerprint density at radius 3 is 2.94 bits per heavy atom. The fourth-order valence-electron chi connectivity index (χ4n) is 2.15. The fraction of sp³-hybridized carbons (Fsp3) is 0.462. The number of carbonyl (C=O) groups excluding carboxylic acids is 1. The Hall–Kier alpha value is -1.62. The first-order valence-corrected chi connectivity index (χ1v) is 6.18. The van der Waals surface area contributed by atoms with Crippen molar-refractivity contribution in [2.45, 2.75) is 18.9 Å². The maximum atomic E-state index is 13.4. The van der Waals surface area contributed by atoms with E-state index < -0.39 is 5.82 Å². The third kappa shape index (κ3) is 2.98. The summed E-state index contributed by atoms with van der Waals surface area (Å²) in [6, 6.07) is 6.29. The highest BCUT2D eigenvalue weighted by atomic mass is 19.1. The fourth-order valence-corrected chi connectivity index (χ4v) is 2.15. The zero-order chi connectivity index (χ0) is 13.0. The number of hydrogen-bond donors (Lipinski definition) is 2. The number of benzene rings is 1. The zero-order valence-corrected chi connectivity index (χ0v) is 10.4. The number of hydrogen-bond acceptors (Lipinski definition) is 2. The number of piperidine rings is 1. The molecule has 0 aliphatic carbocycles. The monoisotopic (exact) mass is 251 g/mol. The van der Waals surface area contributed by atoms with Crippen LogP contribution >= 0.6 is 0 Å². The van der Waals surface area contributed by atoms with Crippen molar-refractivity contribution >= 4 is 11.7 Å². The summed E-state index contributed by atoms with van der Waals surface area (Å²) in [5, 5.41) is 5.78. The Labute approximate surface area is 106 Å². The van der Waals surface area contributed by atoms with Gasteiger partial charge in [-0.25, -0.2) is 9.18 Å². The van der Waals surface area contributed by atoms with Crippen molar-refractivity contribution in [2.24, 2.45) is 0 Å². The number of rotatable bonds is 2. The van der Waals surface area contributed by atoms with Crippen molar-refractivity contribution in [1.29, 1.82) is 0 Å². The van der Waals surface area contributed by atoms with E-state index >= 15 is 0 Å². The number of likely N-dealkylation sites (tertiary alicyclic amines) is 1. The van der Waals surface area contributed by atoms with E-state index in [0.29, 0.717) is 12.6 Å². The molecule has 98 valence electrons. The van der Waals surface area contributed by atoms with E-state index in [4.69, 9.17) is 0 Å². The second kappa shape index (κ2) is 5.82. The molecule has 0 radical (unpaired) electrons. The van der Waals surface area contributed by atoms with Gasteiger partial charge in [0.15, 0.2) is 0 Å². The van der Waals surface area contributed by atoms with Crippen molar-refractivity contribution in [3.63, 3.8) is 0 Å². The largest absolute Gasteiger partial charge is 0.323 e. The first kappa shape index (κ1) is 12.8. The summed E-state index contributed by atoms with van der Waals surface area (Å²) >= 11 is 0. The van der Waals surface area contributed by atoms with E-state index in [2.05, 4.69) is 10.6 Å². The van der Waals surface area contributed by atoms with Gasteiger partial charge in [-0.3, -0.25) is 0 Å². The molecular weight excluding hydrogens is 233 g/mol. The van der Waals surface area contributed by atoms with Gasteiger partial charge in [0.1, 0.15) is 5.82 Å². The van der Waals surface area contributed by atoms with Crippen LogP contribution in [0, 0.1) is 5.82 Å². The van der Waals surface area contributed by atoms with E-state index in [1.165, 1.54) is 6.07 Å². The molecule has 1 aliphatic rings. The van der Waals surface area contributed by atoms with Crippen LogP contribution in [0.15, 0.2) is 24.3 Å². The summed E-state index contributed by atoms with van der Waals surface area (Å²) in [7, 11) is 1.89. The lowest BCUT2D eigenvalue weighted by Crippen LogP contribution is -2.48. The van der Waals surface area contributed by atoms with Crippen LogP contribution in [0.5, 0.6) is 0 Å². The minimum Gasteiger partial charge on any atom is -0.323 e. The first-order chi connectivity index (χ1) is 8.70. The number of anilines is 1. The minimum atomic E-state index is -0.409. The molecule has 0 aromatic heterocycles. The molecule has 18 heavy (non-hydrogen) atoms. The molecular formula is C13H18FN3O. The predicted molar refractivity (Wildman–Crippen MR) is 69.1 cm³/mol. The molecule has 0 saturated carbocycles. The summed E-state index contributed by atoms with van der Waals surface area (Å²) in [5.41, 5.74) is 0.231. The number of nitrogens with zero attached hydrogens (tertiary/aromatic N) is 1. The van der Waals surface area contributed by atoms with Gasteiger partial charge in [-0.2, -0.15) is 0 Å². The molecule has 1 atom stereocenters. The van der Waals surface area contributed by atoms with E-state index in [1.807, 2.05) is 7.05 Å². The molecule has 1 unspecified atom stereocenters. The number of halogens is 1. The topological polar surface area (TPSA) is 44.4 Å². The summed E-state index contributed by atoms with van der Waals surface area (Å²) in [6.07, 6.45) is 2.04. The normalized spacial score (nSPS) is 19.7. The van der Waals surface area contributed by atoms with E-state index in [1.54, 1.807) is 23.1 Å². The van der Waals surface area contributed by atoms with Gasteiger partial charge in [-0.05, 0) is 32.0 Å². The highest BCUT2D eigenvalue weighted by Crippen LogP contribution is 2.15. The summed E-state index contributed by atoms with van der Waals surface area (Å²) in [4.78, 5) is 13.7. The SMILES string of the molecule is CNC1CCCN(C(=O)Nc2ccccc2F)C1. The zero-order valence-electron chi connectivity index (χ0n) is 10.4. The quantitative estimate of drug-likeness (QED) is 0.845. The maximum absolute atomic E-state index is 13.4. The van der Waals surface area contributed by atoms with Crippen LogP contribution in [0.4, 0.5) is 14.9 Å². The second-order valence-corrected chi connectivity index (χ2v) is 4.48. The number of likely N-dealkylation sites (N-methyl/N-ethyl adjacent to an activating group) is 1. The van der Waals surface area contributed by atoms with Gasteiger partial charge in [0.25, 0.3) is 0 Å². The van der Waals surface area contributed by atoms with Crippen molar-refractivity contribution in [3.05, 3.63) is 30.1 Å². The highest BCUT2D eigenvalue weighted by Gasteiger charge is 2.22. The van der Waals surface area contributed by atoms with Crippen LogP contribution in [0.2, 0.25) is 0 Å². The molecule has 1 saturated heterocycles. The average Bonchev–Trinajstić information content (AvgIpc) is 2.41. The number of amides is 2. The van der Waals surface area contributed by atoms with Crippen molar-refractivity contribution < 1.29 is 9.18 Å². The molecule has 1 heterocycles. The molecule has 2 N–H and O–H groups in total. The van der Waals surface area contributed by atoms with Crippen molar-refractivity contribution in [1.82, 2.24) is 10.2 Å². The van der Waals surface area contributed by atoms with Gasteiger partial charge in [0, 0.05) is 19.1 Å². The number of para-hydroxylation sites is 1. The van der Waals surface area contributed by atoms with Gasteiger partial charge >= 0.3 is 6.03 Å². The van der Waals surface area contributed by atoms with Gasteiger partial charge < -0.3 is 15.5 Å². The van der Waals surface area contributed by atoms with Crippen LogP contribution < -0.4 is 10.6 Å². The molecule has 2 amide bonds. The molecule has 0 spiro atoms. The Kier molecular flexibility index (Phi) is 4.15. The molecule has 1 aromatic carbocycles. The lowest BCUT2D eigenvalue weighted by atomic mass is 10.1. The minimum absolute atomic E-state index is 0.231. The lowest BCUT2D eigenvalue weighted by Gasteiger charge is -2.32. The lowest BCUT2D eigenvalue weighted by molar-refractivity contribution is 0.187. The molecule has 1 fully saturated rings. The van der Waals surface area contributed by atoms with Crippen molar-refractivity contribution in [3.8, 4) is 0 Å². The van der Waals surface area contributed by atoms with Gasteiger partial charge in [-0.15, -0.1) is 0 Å². The van der Waals surface area contributed by atoms with Gasteiger partial charge in [-0.1, -0.05) is 12.1 Å². The smallest absolute Gasteiger partial charge is 0.321 e. The summed E-state index contributed by atoms with van der Waals surface area (Å²) in [6.45, 7) is 1.38. The Balaban J connectivity index is 1.97. The maximum Gasteiger partial charge on any atom is 0.321 e. The average molecular weight is 251 g/mol. The van der Waals surface area contributed by atoms with Crippen molar-refractivity contribution in [2.75, 3.05) is 25.5 Å². The van der Waals surface area contributed by atoms with Crippen LogP contribution in [-0.2, 0) is 0 Å². The number of nitrogens with one attached hydrogen (secondary N) is 2. The Morgan fingerprint density at radius 1 is 1.44 bits per heavy atom. The number of urea groups is 1. The van der Waals surface area contributed by atoms with Crippen LogP contribution in [0.25, 0.3) is 0 Å². The molecule has 5 heteroatoms. The first-order valence-electron chi connectivity index (χ1n) is 6.18. The van der Waals surface area contributed by atoms with Crippen LogP contribution in [-0.4, -0.2) is 37.1 Å². The highest BCUT2D eigenvalue weighted by molar-refractivity contribution is 5.89. The van der Waals surface area contributed by atoms with Crippen LogP contribution in [0.3, 0.4) is 0 Å². The molecule has 2 rings (SSSR count). The second-order valence-electron chi connectivity index (χ2n) is 4.48. The predicted octanol–water partition coefficient (Wildman–Crippen LogP) is 2.04.